The zero-order valence-electron chi connectivity index (χ0n) is 13.7. The Kier molecular flexibility index (Phi) is 6.32. The third kappa shape index (κ3) is 5.11. The predicted octanol–water partition coefficient (Wildman–Crippen LogP) is 4.32. The molecule has 0 saturated heterocycles. The van der Waals surface area contributed by atoms with Gasteiger partial charge >= 0.3 is 0 Å². The summed E-state index contributed by atoms with van der Waals surface area (Å²) in [4.78, 5) is 12.3. The molecule has 2 N–H and O–H groups in total. The van der Waals surface area contributed by atoms with Gasteiger partial charge in [-0.05, 0) is 55.8 Å². The molecule has 0 heterocycles. The van der Waals surface area contributed by atoms with E-state index in [0.29, 0.717) is 5.02 Å². The van der Waals surface area contributed by atoms with Crippen LogP contribution in [0.2, 0.25) is 10.0 Å². The molecule has 0 aliphatic rings. The van der Waals surface area contributed by atoms with Crippen LogP contribution in [0.25, 0.3) is 0 Å². The average Bonchev–Trinajstić information content (AvgIpc) is 2.56. The maximum absolute atomic E-state index is 12.4. The van der Waals surface area contributed by atoms with Gasteiger partial charge in [-0.15, -0.1) is 0 Å². The first-order valence-electron chi connectivity index (χ1n) is 7.61. The Morgan fingerprint density at radius 1 is 1.12 bits per heavy atom. The van der Waals surface area contributed by atoms with Gasteiger partial charge in [-0.2, -0.15) is 0 Å². The number of halogens is 2. The Morgan fingerprint density at radius 2 is 1.76 bits per heavy atom. The number of hydrogen-bond donors (Lipinski definition) is 2. The van der Waals surface area contributed by atoms with Gasteiger partial charge in [0, 0.05) is 16.8 Å². The molecule has 0 aromatic heterocycles. The summed E-state index contributed by atoms with van der Waals surface area (Å²) in [5.41, 5.74) is 0.451. The summed E-state index contributed by atoms with van der Waals surface area (Å²) in [6, 6.07) is 10.1. The summed E-state index contributed by atoms with van der Waals surface area (Å²) in [7, 11) is -3.80. The van der Waals surface area contributed by atoms with Crippen molar-refractivity contribution in [2.24, 2.45) is 0 Å². The van der Waals surface area contributed by atoms with Crippen LogP contribution >= 0.6 is 23.2 Å². The van der Waals surface area contributed by atoms with E-state index in [1.807, 2.05) is 13.8 Å². The average molecular weight is 401 g/mol. The van der Waals surface area contributed by atoms with Gasteiger partial charge in [-0.3, -0.25) is 9.52 Å². The third-order valence-corrected chi connectivity index (χ3v) is 5.56. The number of rotatable bonds is 6. The number of sulfonamides is 1. The van der Waals surface area contributed by atoms with E-state index in [4.69, 9.17) is 23.2 Å². The third-order valence-electron chi connectivity index (χ3n) is 3.58. The van der Waals surface area contributed by atoms with Crippen molar-refractivity contribution in [3.63, 3.8) is 0 Å². The lowest BCUT2D eigenvalue weighted by molar-refractivity contribution is 0.0939. The van der Waals surface area contributed by atoms with Crippen molar-refractivity contribution in [1.82, 2.24) is 5.32 Å². The van der Waals surface area contributed by atoms with E-state index < -0.39 is 10.0 Å². The molecule has 0 radical (unpaired) electrons. The van der Waals surface area contributed by atoms with Crippen molar-refractivity contribution in [2.75, 3.05) is 4.72 Å². The van der Waals surface area contributed by atoms with Crippen molar-refractivity contribution in [2.45, 2.75) is 31.2 Å². The normalized spacial score (nSPS) is 12.5. The smallest absolute Gasteiger partial charge is 0.261 e. The van der Waals surface area contributed by atoms with Crippen LogP contribution in [0, 0.1) is 0 Å². The van der Waals surface area contributed by atoms with Crippen molar-refractivity contribution in [3.8, 4) is 0 Å². The van der Waals surface area contributed by atoms with E-state index in [2.05, 4.69) is 10.0 Å². The topological polar surface area (TPSA) is 75.3 Å². The summed E-state index contributed by atoms with van der Waals surface area (Å²) in [6.07, 6.45) is 0.770. The Hall–Kier alpha value is -1.76. The highest BCUT2D eigenvalue weighted by Gasteiger charge is 2.17. The Labute approximate surface area is 157 Å². The summed E-state index contributed by atoms with van der Waals surface area (Å²) < 4.78 is 27.3. The van der Waals surface area contributed by atoms with Crippen LogP contribution in [-0.2, 0) is 10.0 Å². The molecule has 0 bridgehead atoms. The van der Waals surface area contributed by atoms with Crippen LogP contribution in [0.1, 0.15) is 30.6 Å². The molecule has 0 saturated carbocycles. The molecule has 5 nitrogen and oxygen atoms in total. The molecule has 0 spiro atoms. The zero-order chi connectivity index (χ0) is 18.6. The number of anilines is 1. The number of carbonyl (C=O) groups excluding carboxylic acids is 1. The molecule has 0 unspecified atom stereocenters. The summed E-state index contributed by atoms with van der Waals surface area (Å²) in [5.74, 6) is -0.355. The summed E-state index contributed by atoms with van der Waals surface area (Å²) in [5, 5.41) is 3.48. The van der Waals surface area contributed by atoms with Gasteiger partial charge in [0.1, 0.15) is 0 Å². The molecule has 2 aromatic rings. The molecular formula is C17H18Cl2N2O3S. The first kappa shape index (κ1) is 19.6. The molecule has 25 heavy (non-hydrogen) atoms. The molecule has 8 heteroatoms. The van der Waals surface area contributed by atoms with E-state index in [9.17, 15) is 13.2 Å². The number of nitrogens with one attached hydrogen (secondary N) is 2. The van der Waals surface area contributed by atoms with Gasteiger partial charge in [0.25, 0.3) is 15.9 Å². The summed E-state index contributed by atoms with van der Waals surface area (Å²) >= 11 is 11.8. The van der Waals surface area contributed by atoms with Crippen molar-refractivity contribution < 1.29 is 13.2 Å². The van der Waals surface area contributed by atoms with Gasteiger partial charge in [0.2, 0.25) is 0 Å². The molecule has 1 atom stereocenters. The second-order valence-corrected chi connectivity index (χ2v) is 8.06. The van der Waals surface area contributed by atoms with Crippen LogP contribution in [0.5, 0.6) is 0 Å². The fraction of sp³-hybridized carbons (Fsp3) is 0.235. The quantitative estimate of drug-likeness (QED) is 0.757. The fourth-order valence-electron chi connectivity index (χ4n) is 1.99. The lowest BCUT2D eigenvalue weighted by atomic mass is 10.1. The number of carbonyl (C=O) groups is 1. The van der Waals surface area contributed by atoms with Crippen molar-refractivity contribution >= 4 is 44.8 Å². The van der Waals surface area contributed by atoms with Crippen LogP contribution in [0.3, 0.4) is 0 Å². The second kappa shape index (κ2) is 8.08. The van der Waals surface area contributed by atoms with E-state index in [-0.39, 0.29) is 33.1 Å². The van der Waals surface area contributed by atoms with Gasteiger partial charge in [0.05, 0.1) is 15.5 Å². The molecule has 2 aromatic carbocycles. The van der Waals surface area contributed by atoms with Crippen LogP contribution in [0.4, 0.5) is 5.69 Å². The van der Waals surface area contributed by atoms with Gasteiger partial charge in [0.15, 0.2) is 0 Å². The van der Waals surface area contributed by atoms with Crippen molar-refractivity contribution in [1.29, 1.82) is 0 Å². The minimum Gasteiger partial charge on any atom is -0.350 e. The molecule has 0 aliphatic carbocycles. The standard InChI is InChI=1S/C17H18Cl2N2O3S/c1-3-11(2)20-17(22)15-10-13(6-9-16(15)19)21-25(23,24)14-7-4-12(18)5-8-14/h4-11,21H,3H2,1-2H3,(H,20,22)/t11-/m0/s1. The fourth-order valence-corrected chi connectivity index (χ4v) is 3.37. The van der Waals surface area contributed by atoms with E-state index in [1.165, 1.54) is 42.5 Å². The molecule has 1 amide bonds. The first-order valence-corrected chi connectivity index (χ1v) is 9.85. The molecule has 0 fully saturated rings. The highest BCUT2D eigenvalue weighted by atomic mass is 35.5. The lowest BCUT2D eigenvalue weighted by Gasteiger charge is -2.14. The predicted molar refractivity (Wildman–Crippen MR) is 101 cm³/mol. The Balaban J connectivity index is 2.27. The zero-order valence-corrected chi connectivity index (χ0v) is 16.0. The van der Waals surface area contributed by atoms with Gasteiger partial charge in [-0.1, -0.05) is 30.1 Å². The Morgan fingerprint density at radius 3 is 2.36 bits per heavy atom. The highest BCUT2D eigenvalue weighted by Crippen LogP contribution is 2.23. The van der Waals surface area contributed by atoms with E-state index >= 15 is 0 Å². The lowest BCUT2D eigenvalue weighted by Crippen LogP contribution is -2.32. The van der Waals surface area contributed by atoms with Gasteiger partial charge < -0.3 is 5.32 Å². The van der Waals surface area contributed by atoms with E-state index in [0.717, 1.165) is 6.42 Å². The SMILES string of the molecule is CC[C@H](C)NC(=O)c1cc(NS(=O)(=O)c2ccc(Cl)cc2)ccc1Cl. The summed E-state index contributed by atoms with van der Waals surface area (Å²) in [6.45, 7) is 3.82. The van der Waals surface area contributed by atoms with Crippen LogP contribution in [0.15, 0.2) is 47.4 Å². The number of hydrogen-bond acceptors (Lipinski definition) is 3. The van der Waals surface area contributed by atoms with E-state index in [1.54, 1.807) is 0 Å². The maximum atomic E-state index is 12.4. The van der Waals surface area contributed by atoms with Crippen LogP contribution < -0.4 is 10.0 Å². The molecular weight excluding hydrogens is 383 g/mol. The minimum atomic E-state index is -3.80. The molecule has 0 aliphatic heterocycles. The van der Waals surface area contributed by atoms with Gasteiger partial charge in [-0.25, -0.2) is 8.42 Å². The monoisotopic (exact) mass is 400 g/mol. The maximum Gasteiger partial charge on any atom is 0.261 e. The highest BCUT2D eigenvalue weighted by molar-refractivity contribution is 7.92. The molecule has 134 valence electrons. The first-order chi connectivity index (χ1) is 11.7. The molecule has 2 rings (SSSR count). The van der Waals surface area contributed by atoms with Crippen molar-refractivity contribution in [3.05, 3.63) is 58.1 Å². The largest absolute Gasteiger partial charge is 0.350 e. The number of amides is 1. The van der Waals surface area contributed by atoms with Crippen LogP contribution in [-0.4, -0.2) is 20.4 Å². The Bertz CT molecular complexity index is 868. The minimum absolute atomic E-state index is 0.0158. The number of benzene rings is 2. The second-order valence-electron chi connectivity index (χ2n) is 5.54.